The molecule has 0 spiro atoms. The van der Waals surface area contributed by atoms with Gasteiger partial charge in [0.15, 0.2) is 6.10 Å². The monoisotopic (exact) mass is 954 g/mol. The average molecular weight is 954 g/mol. The fourth-order valence-electron chi connectivity index (χ4n) is 11.0. The number of ether oxygens (including phenoxy) is 2. The van der Waals surface area contributed by atoms with Crippen LogP contribution < -0.4 is 20.9 Å². The van der Waals surface area contributed by atoms with Crippen molar-refractivity contribution in [3.8, 4) is 22.5 Å². The Balaban J connectivity index is 0.934. The van der Waals surface area contributed by atoms with Gasteiger partial charge in [-0.15, -0.1) is 0 Å². The highest BCUT2D eigenvalue weighted by molar-refractivity contribution is 5.86. The van der Waals surface area contributed by atoms with Crippen LogP contribution in [0.1, 0.15) is 132 Å². The number of imidazole rings is 2. The number of benzene rings is 2. The SMILES string of the molecule is COC(=O)N[C@H](C(=O)N1CCC[C@H]1c1ncc(-c2ccc([C@@H]3CC[C@@H](c4ccc(-c5cnc([C@@H]6CCCN6C(=O)[C@@H](OC(N)=O)C(C)C)[nH]5)cc4)N3c3ccc(N4CCCCC4)nc3)cc2)[nH]1)C(C)C. The molecule has 0 bridgehead atoms. The van der Waals surface area contributed by atoms with Crippen LogP contribution in [0.4, 0.5) is 21.1 Å². The van der Waals surface area contributed by atoms with Crippen molar-refractivity contribution in [2.75, 3.05) is 43.1 Å². The number of carbonyl (C=O) groups is 4. The lowest BCUT2D eigenvalue weighted by atomic mass is 10.0. The van der Waals surface area contributed by atoms with Crippen molar-refractivity contribution in [3.05, 3.63) is 102 Å². The van der Waals surface area contributed by atoms with E-state index in [-0.39, 0.29) is 47.8 Å². The minimum absolute atomic E-state index is 0.0959. The molecule has 4 aliphatic rings. The molecule has 70 heavy (non-hydrogen) atoms. The highest BCUT2D eigenvalue weighted by Gasteiger charge is 2.40. The number of carbonyl (C=O) groups excluding carboxylic acids is 4. The Morgan fingerprint density at radius 1 is 0.629 bits per heavy atom. The average Bonchev–Trinajstić information content (AvgIpc) is 4.24. The van der Waals surface area contributed by atoms with Crippen molar-refractivity contribution < 1.29 is 28.7 Å². The Kier molecular flexibility index (Phi) is 14.4. The molecule has 6 atom stereocenters. The van der Waals surface area contributed by atoms with Gasteiger partial charge >= 0.3 is 12.2 Å². The second-order valence-electron chi connectivity index (χ2n) is 19.9. The number of nitrogens with one attached hydrogen (secondary N) is 3. The van der Waals surface area contributed by atoms with E-state index in [1.807, 2.05) is 51.2 Å². The number of alkyl carbamates (subject to hydrolysis) is 1. The number of hydrogen-bond acceptors (Lipinski definition) is 11. The highest BCUT2D eigenvalue weighted by atomic mass is 16.6. The summed E-state index contributed by atoms with van der Waals surface area (Å²) in [4.78, 5) is 81.2. The van der Waals surface area contributed by atoms with Crippen molar-refractivity contribution in [3.63, 3.8) is 0 Å². The third kappa shape index (κ3) is 10.1. The van der Waals surface area contributed by atoms with Crippen LogP contribution in [0.25, 0.3) is 22.5 Å². The molecule has 4 fully saturated rings. The van der Waals surface area contributed by atoms with E-state index in [9.17, 15) is 19.2 Å². The molecule has 4 amide bonds. The number of aromatic nitrogens is 5. The second kappa shape index (κ2) is 21.0. The maximum atomic E-state index is 13.8. The molecule has 2 aromatic carbocycles. The molecular weight excluding hydrogens is 887 g/mol. The summed E-state index contributed by atoms with van der Waals surface area (Å²) < 4.78 is 10.1. The van der Waals surface area contributed by atoms with Crippen molar-refractivity contribution in [2.24, 2.45) is 17.6 Å². The van der Waals surface area contributed by atoms with Gasteiger partial charge in [-0.2, -0.15) is 0 Å². The van der Waals surface area contributed by atoms with Gasteiger partial charge in [-0.1, -0.05) is 76.2 Å². The molecule has 0 aliphatic carbocycles. The standard InChI is InChI=1S/C53H67N11O6/c1-32(2)46(60-53(68)69-5)50(65)62-27-9-11-43(62)48-56-30-39(58-48)34-13-17-36(18-14-34)41-22-23-42(64(41)38-21-24-45(55-29-38)61-25-7-6-8-26-61)37-19-15-35(16-20-37)40-31-57-49(59-40)44-12-10-28-63(44)51(66)47(33(3)4)70-52(54)67/h13-21,24,29-33,41-44,46-47H,6-12,22-23,25-28H2,1-5H3,(H2,54,67)(H,56,58)(H,57,59)(H,60,68)/t41-,42-,43-,44-,46-,47-/m0/s1. The molecule has 4 aliphatic heterocycles. The first-order chi connectivity index (χ1) is 33.9. The number of H-pyrrole nitrogens is 2. The molecule has 3 aromatic heterocycles. The molecule has 5 aromatic rings. The third-order valence-corrected chi connectivity index (χ3v) is 14.7. The zero-order chi connectivity index (χ0) is 49.1. The zero-order valence-electron chi connectivity index (χ0n) is 41.0. The summed E-state index contributed by atoms with van der Waals surface area (Å²) in [6.45, 7) is 10.7. The summed E-state index contributed by atoms with van der Waals surface area (Å²) in [5.41, 5.74) is 12.5. The number of rotatable bonds is 14. The van der Waals surface area contributed by atoms with Gasteiger partial charge in [0.05, 0.1) is 66.9 Å². The summed E-state index contributed by atoms with van der Waals surface area (Å²) in [6, 6.07) is 20.8. The Morgan fingerprint density at radius 2 is 1.17 bits per heavy atom. The highest BCUT2D eigenvalue weighted by Crippen LogP contribution is 2.48. The molecule has 5 N–H and O–H groups in total. The molecule has 7 heterocycles. The normalized spacial score (nSPS) is 21.4. The van der Waals surface area contributed by atoms with Gasteiger partial charge in [0, 0.05) is 26.2 Å². The molecule has 17 nitrogen and oxygen atoms in total. The van der Waals surface area contributed by atoms with Gasteiger partial charge in [-0.3, -0.25) is 9.59 Å². The first kappa shape index (κ1) is 48.1. The van der Waals surface area contributed by atoms with Crippen molar-refractivity contribution >= 4 is 35.5 Å². The number of pyridine rings is 1. The fraction of sp³-hybridized carbons (Fsp3) is 0.491. The van der Waals surface area contributed by atoms with E-state index in [0.717, 1.165) is 91.5 Å². The lowest BCUT2D eigenvalue weighted by Crippen LogP contribution is -2.51. The number of anilines is 2. The van der Waals surface area contributed by atoms with Crippen LogP contribution in [0.2, 0.25) is 0 Å². The van der Waals surface area contributed by atoms with Crippen LogP contribution in [0.5, 0.6) is 0 Å². The van der Waals surface area contributed by atoms with Crippen molar-refractivity contribution in [2.45, 2.75) is 122 Å². The van der Waals surface area contributed by atoms with E-state index in [4.69, 9.17) is 30.2 Å². The van der Waals surface area contributed by atoms with Crippen molar-refractivity contribution in [1.82, 2.24) is 40.0 Å². The summed E-state index contributed by atoms with van der Waals surface area (Å²) in [5, 5.41) is 2.73. The number of methoxy groups -OCH3 is 1. The van der Waals surface area contributed by atoms with Gasteiger partial charge in [-0.25, -0.2) is 24.5 Å². The van der Waals surface area contributed by atoms with Gasteiger partial charge in [0.25, 0.3) is 5.91 Å². The van der Waals surface area contributed by atoms with E-state index >= 15 is 0 Å². The Bertz CT molecular complexity index is 2610. The topological polar surface area (TPSA) is 208 Å². The molecule has 0 radical (unpaired) electrons. The fourth-order valence-corrected chi connectivity index (χ4v) is 11.0. The van der Waals surface area contributed by atoms with E-state index in [1.54, 1.807) is 4.90 Å². The van der Waals surface area contributed by atoms with Crippen LogP contribution in [-0.2, 0) is 19.1 Å². The minimum atomic E-state index is -0.959. The summed E-state index contributed by atoms with van der Waals surface area (Å²) >= 11 is 0. The summed E-state index contributed by atoms with van der Waals surface area (Å²) in [5.74, 6) is 1.72. The van der Waals surface area contributed by atoms with Crippen molar-refractivity contribution in [1.29, 1.82) is 0 Å². The van der Waals surface area contributed by atoms with Crippen LogP contribution in [-0.4, -0.2) is 104 Å². The number of amides is 4. The van der Waals surface area contributed by atoms with Gasteiger partial charge in [-0.05, 0) is 104 Å². The number of nitrogens with zero attached hydrogens (tertiary/aromatic N) is 7. The minimum Gasteiger partial charge on any atom is -0.453 e. The van der Waals surface area contributed by atoms with Crippen LogP contribution in [0.15, 0.2) is 79.3 Å². The predicted molar refractivity (Wildman–Crippen MR) is 266 cm³/mol. The van der Waals surface area contributed by atoms with Gasteiger partial charge in [0.2, 0.25) is 5.91 Å². The van der Waals surface area contributed by atoms with E-state index < -0.39 is 24.3 Å². The van der Waals surface area contributed by atoms with E-state index in [0.29, 0.717) is 18.9 Å². The lowest BCUT2D eigenvalue weighted by Gasteiger charge is -2.34. The quantitative estimate of drug-likeness (QED) is 0.0827. The smallest absolute Gasteiger partial charge is 0.407 e. The summed E-state index contributed by atoms with van der Waals surface area (Å²) in [6.07, 6.45) is 11.9. The number of likely N-dealkylation sites (tertiary alicyclic amines) is 2. The number of primary amides is 1. The molecule has 9 rings (SSSR count). The van der Waals surface area contributed by atoms with E-state index in [1.165, 1.54) is 37.5 Å². The van der Waals surface area contributed by atoms with Gasteiger partial charge < -0.3 is 50.1 Å². The number of nitrogens with two attached hydrogens (primary N) is 1. The first-order valence-corrected chi connectivity index (χ1v) is 25.1. The molecule has 0 unspecified atom stereocenters. The van der Waals surface area contributed by atoms with Gasteiger partial charge in [0.1, 0.15) is 23.5 Å². The third-order valence-electron chi connectivity index (χ3n) is 14.7. The maximum Gasteiger partial charge on any atom is 0.407 e. The Hall–Kier alpha value is -6.91. The van der Waals surface area contributed by atoms with Crippen LogP contribution in [0.3, 0.4) is 0 Å². The number of aromatic amines is 2. The predicted octanol–water partition coefficient (Wildman–Crippen LogP) is 8.76. The summed E-state index contributed by atoms with van der Waals surface area (Å²) in [7, 11) is 1.30. The first-order valence-electron chi connectivity index (χ1n) is 25.1. The Morgan fingerprint density at radius 3 is 1.64 bits per heavy atom. The second-order valence-corrected chi connectivity index (χ2v) is 19.9. The Labute approximate surface area is 409 Å². The molecule has 4 saturated heterocycles. The molecule has 0 saturated carbocycles. The van der Waals surface area contributed by atoms with Crippen LogP contribution in [0, 0.1) is 11.8 Å². The van der Waals surface area contributed by atoms with E-state index in [2.05, 4.69) is 85.7 Å². The lowest BCUT2D eigenvalue weighted by molar-refractivity contribution is -0.143. The van der Waals surface area contributed by atoms with Crippen LogP contribution >= 0.6 is 0 Å². The molecule has 370 valence electrons. The molecular formula is C53H67N11O6. The number of piperidine rings is 1. The molecule has 17 heteroatoms. The number of hydrogen-bond donors (Lipinski definition) is 4. The largest absolute Gasteiger partial charge is 0.453 e. The zero-order valence-corrected chi connectivity index (χ0v) is 41.0. The maximum absolute atomic E-state index is 13.8.